The number of aromatic nitrogens is 2. The number of benzene rings is 3. The molecule has 3 saturated heterocycles. The molecule has 3 aromatic carbocycles. The van der Waals surface area contributed by atoms with Crippen molar-refractivity contribution in [2.75, 3.05) is 38.8 Å². The van der Waals surface area contributed by atoms with Crippen molar-refractivity contribution < 1.29 is 28.7 Å². The van der Waals surface area contributed by atoms with Crippen molar-refractivity contribution in [3.05, 3.63) is 107 Å². The third-order valence-corrected chi connectivity index (χ3v) is 14.8. The highest BCUT2D eigenvalue weighted by Crippen LogP contribution is 2.48. The summed E-state index contributed by atoms with van der Waals surface area (Å²) in [7, 11) is 2.61. The van der Waals surface area contributed by atoms with Crippen LogP contribution in [-0.2, 0) is 19.1 Å². The molecule has 1 aliphatic carbocycles. The monoisotopic (exact) mass is 926 g/mol. The number of nitrogens with one attached hydrogen (secondary N) is 4. The van der Waals surface area contributed by atoms with Crippen molar-refractivity contribution in [2.24, 2.45) is 16.8 Å². The van der Waals surface area contributed by atoms with E-state index in [1.807, 2.05) is 43.7 Å². The normalized spacial score (nSPS) is 23.5. The first-order valence-corrected chi connectivity index (χ1v) is 24.7. The van der Waals surface area contributed by atoms with Gasteiger partial charge in [-0.1, -0.05) is 88.4 Å². The van der Waals surface area contributed by atoms with Crippen molar-refractivity contribution in [1.82, 2.24) is 35.7 Å². The minimum atomic E-state index is -0.689. The zero-order valence-corrected chi connectivity index (χ0v) is 40.2. The van der Waals surface area contributed by atoms with Gasteiger partial charge < -0.3 is 39.8 Å². The molecule has 1 saturated carbocycles. The summed E-state index contributed by atoms with van der Waals surface area (Å²) in [4.78, 5) is 71.5. The highest BCUT2D eigenvalue weighted by molar-refractivity contribution is 6.03. The molecule has 15 nitrogen and oxygen atoms in total. The van der Waals surface area contributed by atoms with E-state index in [2.05, 4.69) is 98.6 Å². The van der Waals surface area contributed by atoms with Gasteiger partial charge in [0, 0.05) is 25.3 Å². The first-order valence-electron chi connectivity index (χ1n) is 24.7. The Morgan fingerprint density at radius 2 is 1.19 bits per heavy atom. The lowest BCUT2D eigenvalue weighted by Crippen LogP contribution is -2.55. The molecule has 1 aromatic heterocycles. The largest absolute Gasteiger partial charge is 0.453 e. The highest BCUT2D eigenvalue weighted by Gasteiger charge is 2.42. The predicted molar refractivity (Wildman–Crippen MR) is 261 cm³/mol. The zero-order chi connectivity index (χ0) is 47.6. The number of carbonyl (C=O) groups is 4. The molecule has 4 amide bonds. The highest BCUT2D eigenvalue weighted by atomic mass is 16.5. The number of alkyl carbamates (subject to hydrolysis) is 2. The lowest BCUT2D eigenvalue weighted by molar-refractivity contribution is -0.136. The third kappa shape index (κ3) is 9.72. The number of imidazole rings is 1. The first-order chi connectivity index (χ1) is 32.9. The number of carbonyl (C=O) groups excluding carboxylic acids is 4. The van der Waals surface area contributed by atoms with Crippen molar-refractivity contribution in [1.29, 1.82) is 0 Å². The molecule has 0 spiro atoms. The van der Waals surface area contributed by atoms with Crippen LogP contribution >= 0.6 is 0 Å². The second-order valence-electron chi connectivity index (χ2n) is 19.9. The van der Waals surface area contributed by atoms with Gasteiger partial charge in [-0.2, -0.15) is 0 Å². The number of H-pyrrole nitrogens is 1. The number of hydrogen-bond acceptors (Lipinski definition) is 10. The molecule has 0 radical (unpaired) electrons. The molecule has 4 aliphatic heterocycles. The molecule has 7 unspecified atom stereocenters. The van der Waals surface area contributed by atoms with Crippen LogP contribution in [0.15, 0.2) is 84.0 Å². The maximum Gasteiger partial charge on any atom is 0.407 e. The van der Waals surface area contributed by atoms with Gasteiger partial charge in [0.25, 0.3) is 0 Å². The second-order valence-corrected chi connectivity index (χ2v) is 19.9. The van der Waals surface area contributed by atoms with Gasteiger partial charge in [-0.3, -0.25) is 19.9 Å². The molecule has 4 fully saturated rings. The zero-order valence-electron chi connectivity index (χ0n) is 40.2. The molecule has 9 rings (SSSR count). The second kappa shape index (κ2) is 20.2. The minimum absolute atomic E-state index is 0.0904. The standard InChI is InChI=1S/C53H67N9O6/c1-31(2)46(58-52(65)67-5)50(63)60-27-7-9-44(60)48-54-29-40(56-48)35-13-17-37(18-14-35)42-25-26-43(62(42)39-23-21-34(22-24-39)33-11-12-33)38-19-15-36(16-20-38)41-30-55-49(57-41)45-10-8-28-61(45)51(64)47(32(3)4)59-53(66)68-6/h13-24,29,31-33,42-47,49,55H,7-12,25-28,30H2,1-6H3,(H,54,56)(H,58,65)(H,59,66). The Kier molecular flexibility index (Phi) is 13.9. The minimum Gasteiger partial charge on any atom is -0.453 e. The van der Waals surface area contributed by atoms with E-state index < -0.39 is 24.3 Å². The Morgan fingerprint density at radius 1 is 0.647 bits per heavy atom. The summed E-state index contributed by atoms with van der Waals surface area (Å²) in [5.74, 6) is 1.01. The van der Waals surface area contributed by atoms with E-state index >= 15 is 0 Å². The van der Waals surface area contributed by atoms with Crippen molar-refractivity contribution in [3.63, 3.8) is 0 Å². The van der Waals surface area contributed by atoms with Crippen LogP contribution in [0.3, 0.4) is 0 Å². The summed E-state index contributed by atoms with van der Waals surface area (Å²) in [6.45, 7) is 9.55. The number of nitrogens with zero attached hydrogens (tertiary/aromatic N) is 5. The smallest absolute Gasteiger partial charge is 0.407 e. The average molecular weight is 926 g/mol. The van der Waals surface area contributed by atoms with Gasteiger partial charge in [-0.15, -0.1) is 0 Å². The Hall–Kier alpha value is -6.22. The van der Waals surface area contributed by atoms with Gasteiger partial charge in [0.05, 0.1) is 56.0 Å². The molecule has 4 aromatic rings. The number of aromatic amines is 1. The Balaban J connectivity index is 0.907. The van der Waals surface area contributed by atoms with Crippen LogP contribution in [0.1, 0.15) is 131 Å². The van der Waals surface area contributed by atoms with E-state index in [-0.39, 0.29) is 54.0 Å². The van der Waals surface area contributed by atoms with E-state index in [4.69, 9.17) is 19.5 Å². The lowest BCUT2D eigenvalue weighted by Gasteiger charge is -2.33. The molecular formula is C53H67N9O6. The van der Waals surface area contributed by atoms with Crippen LogP contribution in [0.5, 0.6) is 0 Å². The summed E-state index contributed by atoms with van der Waals surface area (Å²) < 4.78 is 9.63. The molecule has 68 heavy (non-hydrogen) atoms. The van der Waals surface area contributed by atoms with E-state index in [0.29, 0.717) is 25.6 Å². The van der Waals surface area contributed by atoms with Gasteiger partial charge >= 0.3 is 12.2 Å². The van der Waals surface area contributed by atoms with Gasteiger partial charge in [0.15, 0.2) is 0 Å². The third-order valence-electron chi connectivity index (χ3n) is 14.8. The lowest BCUT2D eigenvalue weighted by atomic mass is 10.0. The summed E-state index contributed by atoms with van der Waals surface area (Å²) in [5.41, 5.74) is 9.12. The first kappa shape index (κ1) is 46.9. The number of ether oxygens (including phenoxy) is 2. The molecule has 5 heterocycles. The number of rotatable bonds is 14. The van der Waals surface area contributed by atoms with E-state index in [9.17, 15) is 19.2 Å². The topological polar surface area (TPSA) is 174 Å². The van der Waals surface area contributed by atoms with Crippen LogP contribution < -0.4 is 20.9 Å². The van der Waals surface area contributed by atoms with Crippen LogP contribution in [0.25, 0.3) is 11.3 Å². The number of aliphatic imine (C=N–C) groups is 1. The number of hydrogen-bond donors (Lipinski definition) is 4. The van der Waals surface area contributed by atoms with Crippen molar-refractivity contribution in [2.45, 2.75) is 127 Å². The van der Waals surface area contributed by atoms with Crippen LogP contribution in [0.4, 0.5) is 15.3 Å². The van der Waals surface area contributed by atoms with E-state index in [1.165, 1.54) is 49.4 Å². The Bertz CT molecular complexity index is 2470. The van der Waals surface area contributed by atoms with Crippen LogP contribution in [-0.4, -0.2) is 108 Å². The molecule has 7 atom stereocenters. The average Bonchev–Trinajstić information content (AvgIpc) is 3.97. The number of methoxy groups -OCH3 is 2. The van der Waals surface area contributed by atoms with E-state index in [0.717, 1.165) is 66.9 Å². The maximum atomic E-state index is 13.8. The van der Waals surface area contributed by atoms with Crippen molar-refractivity contribution >= 4 is 35.4 Å². The Morgan fingerprint density at radius 3 is 1.76 bits per heavy atom. The van der Waals surface area contributed by atoms with E-state index in [1.54, 1.807) is 0 Å². The SMILES string of the molecule is COC(=O)NC(C(=O)N1CCCC1c1ncc(-c2ccc(C3CCC(c4ccc(C5=NC(C6CCCN6C(=O)C(NC(=O)OC)C(C)C)NC5)cc4)N3c3ccc(C4CC4)cc3)cc2)[nH]1)C(C)C. The Labute approximate surface area is 399 Å². The summed E-state index contributed by atoms with van der Waals surface area (Å²) >= 11 is 0. The molecule has 5 aliphatic rings. The summed E-state index contributed by atoms with van der Waals surface area (Å²) in [6, 6.07) is 25.7. The maximum absolute atomic E-state index is 13.8. The fourth-order valence-electron chi connectivity index (χ4n) is 10.9. The fourth-order valence-corrected chi connectivity index (χ4v) is 10.9. The fraction of sp³-hybridized carbons (Fsp3) is 0.509. The van der Waals surface area contributed by atoms with Crippen LogP contribution in [0, 0.1) is 11.8 Å². The van der Waals surface area contributed by atoms with Gasteiger partial charge in [-0.25, -0.2) is 14.6 Å². The molecule has 4 N–H and O–H groups in total. The summed E-state index contributed by atoms with van der Waals surface area (Å²) in [6.07, 6.45) is 8.32. The summed E-state index contributed by atoms with van der Waals surface area (Å²) in [5, 5.41) is 9.06. The van der Waals surface area contributed by atoms with Gasteiger partial charge in [-0.05, 0) is 109 Å². The number of amides is 4. The molecule has 360 valence electrons. The van der Waals surface area contributed by atoms with Crippen molar-refractivity contribution in [3.8, 4) is 11.3 Å². The van der Waals surface area contributed by atoms with Gasteiger partial charge in [0.1, 0.15) is 24.1 Å². The molecular weight excluding hydrogens is 859 g/mol. The predicted octanol–water partition coefficient (Wildman–Crippen LogP) is 8.17. The molecule has 0 bridgehead atoms. The van der Waals surface area contributed by atoms with Gasteiger partial charge in [0.2, 0.25) is 11.8 Å². The van der Waals surface area contributed by atoms with Crippen LogP contribution in [0.2, 0.25) is 0 Å². The quantitative estimate of drug-likeness (QED) is 0.0973. The number of likely N-dealkylation sites (tertiary alicyclic amines) is 2. The molecule has 15 heteroatoms. The number of anilines is 1.